The highest BCUT2D eigenvalue weighted by atomic mass is 19.1. The van der Waals surface area contributed by atoms with Crippen molar-refractivity contribution in [3.05, 3.63) is 41.9 Å². The van der Waals surface area contributed by atoms with E-state index in [0.29, 0.717) is 16.9 Å². The van der Waals surface area contributed by atoms with Gasteiger partial charge in [-0.05, 0) is 37.4 Å². The Morgan fingerprint density at radius 1 is 1.59 bits per heavy atom. The van der Waals surface area contributed by atoms with Crippen molar-refractivity contribution in [2.75, 3.05) is 0 Å². The Kier molecular flexibility index (Phi) is 3.26. The standard InChI is InChI=1S/C11H12BFN2O2/c1-7-9-6-8(13)2-3-10(9)15-11(4-5-14)12(16)17-7/h2-7,16H,14H2,1H3/t7-/m1/s1. The molecule has 0 amide bonds. The number of aliphatic imine (C=N–C) groups is 1. The number of halogens is 1. The first-order valence-corrected chi connectivity index (χ1v) is 5.21. The number of fused-ring (bicyclic) bond motifs is 1. The average molecular weight is 234 g/mol. The summed E-state index contributed by atoms with van der Waals surface area (Å²) in [5.41, 5.74) is 6.73. The van der Waals surface area contributed by atoms with Crippen molar-refractivity contribution in [3.63, 3.8) is 0 Å². The van der Waals surface area contributed by atoms with Crippen molar-refractivity contribution < 1.29 is 14.1 Å². The van der Waals surface area contributed by atoms with Crippen LogP contribution in [0.25, 0.3) is 0 Å². The number of allylic oxidation sites excluding steroid dienone is 1. The molecule has 0 unspecified atom stereocenters. The second-order valence-electron chi connectivity index (χ2n) is 3.73. The predicted octanol–water partition coefficient (Wildman–Crippen LogP) is 1.48. The van der Waals surface area contributed by atoms with Gasteiger partial charge < -0.3 is 15.4 Å². The molecule has 2 rings (SSSR count). The van der Waals surface area contributed by atoms with Gasteiger partial charge in [0, 0.05) is 5.56 Å². The van der Waals surface area contributed by atoms with Crippen molar-refractivity contribution >= 4 is 18.4 Å². The average Bonchev–Trinajstić information content (AvgIpc) is 2.39. The Morgan fingerprint density at radius 3 is 3.06 bits per heavy atom. The van der Waals surface area contributed by atoms with Crippen LogP contribution in [0.4, 0.5) is 10.1 Å². The Balaban J connectivity index is 2.52. The number of rotatable bonds is 1. The molecule has 1 atom stereocenters. The highest BCUT2D eigenvalue weighted by Crippen LogP contribution is 2.31. The number of nitrogens with two attached hydrogens (primary N) is 1. The van der Waals surface area contributed by atoms with Gasteiger partial charge in [-0.3, -0.25) is 4.99 Å². The molecule has 0 saturated carbocycles. The minimum absolute atomic E-state index is 0.296. The summed E-state index contributed by atoms with van der Waals surface area (Å²) >= 11 is 0. The zero-order valence-electron chi connectivity index (χ0n) is 9.30. The minimum atomic E-state index is -1.17. The van der Waals surface area contributed by atoms with Gasteiger partial charge in [0.05, 0.1) is 17.4 Å². The molecule has 88 valence electrons. The molecule has 0 spiro atoms. The van der Waals surface area contributed by atoms with Gasteiger partial charge in [0.15, 0.2) is 0 Å². The summed E-state index contributed by atoms with van der Waals surface area (Å²) in [7, 11) is -1.17. The van der Waals surface area contributed by atoms with E-state index in [2.05, 4.69) is 4.99 Å². The smallest absolute Gasteiger partial charge is 0.422 e. The summed E-state index contributed by atoms with van der Waals surface area (Å²) in [5.74, 6) is -0.360. The van der Waals surface area contributed by atoms with Crippen LogP contribution in [0.5, 0.6) is 0 Å². The lowest BCUT2D eigenvalue weighted by atomic mass is 9.82. The van der Waals surface area contributed by atoms with E-state index in [1.165, 1.54) is 24.4 Å². The number of hydrogen-bond acceptors (Lipinski definition) is 4. The lowest BCUT2D eigenvalue weighted by molar-refractivity contribution is 0.197. The third-order valence-electron chi connectivity index (χ3n) is 2.53. The predicted molar refractivity (Wildman–Crippen MR) is 64.3 cm³/mol. The number of hydrogen-bond donors (Lipinski definition) is 2. The van der Waals surface area contributed by atoms with Crippen LogP contribution in [0.2, 0.25) is 0 Å². The van der Waals surface area contributed by atoms with Crippen LogP contribution in [-0.4, -0.2) is 17.8 Å². The molecule has 1 aromatic carbocycles. The summed E-state index contributed by atoms with van der Waals surface area (Å²) in [6.45, 7) is 1.73. The highest BCUT2D eigenvalue weighted by molar-refractivity contribution is 6.83. The second kappa shape index (κ2) is 4.69. The van der Waals surface area contributed by atoms with E-state index >= 15 is 0 Å². The summed E-state index contributed by atoms with van der Waals surface area (Å²) in [5, 5.41) is 9.74. The molecule has 0 aromatic heterocycles. The van der Waals surface area contributed by atoms with E-state index < -0.39 is 13.2 Å². The van der Waals surface area contributed by atoms with Crippen LogP contribution < -0.4 is 5.73 Å². The molecule has 1 aliphatic rings. The molecule has 0 radical (unpaired) electrons. The Labute approximate surface area is 98.8 Å². The van der Waals surface area contributed by atoms with Gasteiger partial charge in [-0.1, -0.05) is 0 Å². The highest BCUT2D eigenvalue weighted by Gasteiger charge is 2.28. The Bertz CT molecular complexity index is 490. The molecule has 1 aromatic rings. The zero-order chi connectivity index (χ0) is 12.4. The first kappa shape index (κ1) is 11.8. The summed E-state index contributed by atoms with van der Waals surface area (Å²) in [6, 6.07) is 4.22. The first-order chi connectivity index (χ1) is 8.11. The fourth-order valence-corrected chi connectivity index (χ4v) is 1.70. The Morgan fingerprint density at radius 2 is 2.35 bits per heavy atom. The minimum Gasteiger partial charge on any atom is -0.422 e. The van der Waals surface area contributed by atoms with E-state index in [0.717, 1.165) is 0 Å². The largest absolute Gasteiger partial charge is 0.511 e. The van der Waals surface area contributed by atoms with E-state index in [9.17, 15) is 9.41 Å². The molecule has 0 fully saturated rings. The maximum atomic E-state index is 13.1. The van der Waals surface area contributed by atoms with Gasteiger partial charge in [0.1, 0.15) is 5.82 Å². The molecular formula is C11H12BFN2O2. The molecule has 1 aliphatic heterocycles. The van der Waals surface area contributed by atoms with Crippen LogP contribution in [0.1, 0.15) is 18.6 Å². The normalized spacial score (nSPS) is 20.1. The molecule has 6 heteroatoms. The van der Waals surface area contributed by atoms with Gasteiger partial charge >= 0.3 is 7.12 Å². The van der Waals surface area contributed by atoms with E-state index in [-0.39, 0.29) is 5.82 Å². The van der Waals surface area contributed by atoms with Crippen molar-refractivity contribution in [1.82, 2.24) is 0 Å². The van der Waals surface area contributed by atoms with Gasteiger partial charge in [0.25, 0.3) is 0 Å². The zero-order valence-corrected chi connectivity index (χ0v) is 9.30. The quantitative estimate of drug-likeness (QED) is 0.723. The maximum Gasteiger partial charge on any atom is 0.511 e. The SMILES string of the molecule is C[C@H]1OB(O)C(C=CN)=Nc2ccc(F)cc21. The van der Waals surface area contributed by atoms with Crippen LogP contribution in [0.3, 0.4) is 0 Å². The first-order valence-electron chi connectivity index (χ1n) is 5.21. The molecule has 0 saturated heterocycles. The van der Waals surface area contributed by atoms with Crippen LogP contribution in [0.15, 0.2) is 35.5 Å². The second-order valence-corrected chi connectivity index (χ2v) is 3.73. The molecule has 0 aliphatic carbocycles. The lowest BCUT2D eigenvalue weighted by Crippen LogP contribution is -2.28. The van der Waals surface area contributed by atoms with Gasteiger partial charge in [-0.25, -0.2) is 4.39 Å². The summed E-state index contributed by atoms with van der Waals surface area (Å²) in [6.07, 6.45) is 2.28. The Hall–Kier alpha value is -1.66. The number of benzene rings is 1. The third kappa shape index (κ3) is 2.37. The van der Waals surface area contributed by atoms with E-state index in [1.807, 2.05) is 0 Å². The summed E-state index contributed by atoms with van der Waals surface area (Å²) < 4.78 is 18.5. The molecule has 1 heterocycles. The molecule has 4 nitrogen and oxygen atoms in total. The topological polar surface area (TPSA) is 67.8 Å². The fourth-order valence-electron chi connectivity index (χ4n) is 1.70. The molecule has 17 heavy (non-hydrogen) atoms. The molecule has 0 bridgehead atoms. The lowest BCUT2D eigenvalue weighted by Gasteiger charge is -2.13. The van der Waals surface area contributed by atoms with Gasteiger partial charge in [-0.15, -0.1) is 0 Å². The van der Waals surface area contributed by atoms with Crippen molar-refractivity contribution in [2.45, 2.75) is 13.0 Å². The summed E-state index contributed by atoms with van der Waals surface area (Å²) in [4.78, 5) is 4.21. The van der Waals surface area contributed by atoms with Crippen LogP contribution in [0, 0.1) is 5.82 Å². The van der Waals surface area contributed by atoms with Gasteiger partial charge in [-0.2, -0.15) is 0 Å². The maximum absolute atomic E-state index is 13.1. The van der Waals surface area contributed by atoms with Crippen LogP contribution in [-0.2, 0) is 4.65 Å². The van der Waals surface area contributed by atoms with E-state index in [4.69, 9.17) is 10.4 Å². The van der Waals surface area contributed by atoms with E-state index in [1.54, 1.807) is 13.0 Å². The molecular weight excluding hydrogens is 222 g/mol. The van der Waals surface area contributed by atoms with Gasteiger partial charge in [0.2, 0.25) is 0 Å². The number of nitrogens with zero attached hydrogens (tertiary/aromatic N) is 1. The molecule has 3 N–H and O–H groups in total. The van der Waals surface area contributed by atoms with Crippen molar-refractivity contribution in [2.24, 2.45) is 10.7 Å². The monoisotopic (exact) mass is 234 g/mol. The van der Waals surface area contributed by atoms with Crippen LogP contribution >= 0.6 is 0 Å². The fraction of sp³-hybridized carbons (Fsp3) is 0.182. The van der Waals surface area contributed by atoms with Crippen molar-refractivity contribution in [3.8, 4) is 0 Å². The third-order valence-corrected chi connectivity index (χ3v) is 2.53. The van der Waals surface area contributed by atoms with Crippen molar-refractivity contribution in [1.29, 1.82) is 0 Å².